The minimum absolute atomic E-state index is 1.01. The molecule has 2 aliphatic rings. The van der Waals surface area contributed by atoms with Crippen molar-refractivity contribution in [3.63, 3.8) is 0 Å². The van der Waals surface area contributed by atoms with Crippen LogP contribution in [0.3, 0.4) is 0 Å². The molecule has 0 amide bonds. The molecule has 0 atom stereocenters. The van der Waals surface area contributed by atoms with E-state index in [-0.39, 0.29) is 0 Å². The molecule has 1 fully saturated rings. The lowest BCUT2D eigenvalue weighted by atomic mass is 9.99. The maximum atomic E-state index is 3.61. The Balaban J connectivity index is 1.72. The maximum Gasteiger partial charge on any atom is 0.0525 e. The van der Waals surface area contributed by atoms with E-state index in [0.29, 0.717) is 0 Å². The van der Waals surface area contributed by atoms with Crippen molar-refractivity contribution < 1.29 is 0 Å². The average molecular weight is 246 g/mol. The lowest BCUT2D eigenvalue weighted by Crippen LogP contribution is -2.47. The van der Waals surface area contributed by atoms with Crippen LogP contribution in [0.1, 0.15) is 11.1 Å². The summed E-state index contributed by atoms with van der Waals surface area (Å²) in [5, 5.41) is 5.77. The third-order valence-electron chi connectivity index (χ3n) is 3.92. The molecule has 0 saturated carbocycles. The number of rotatable bonds is 2. The third kappa shape index (κ3) is 2.51. The van der Waals surface area contributed by atoms with E-state index < -0.39 is 0 Å². The van der Waals surface area contributed by atoms with Gasteiger partial charge in [0.05, 0.1) is 5.69 Å². The van der Waals surface area contributed by atoms with Gasteiger partial charge in [-0.1, -0.05) is 12.1 Å². The van der Waals surface area contributed by atoms with E-state index in [9.17, 15) is 0 Å². The second-order valence-corrected chi connectivity index (χ2v) is 5.27. The highest BCUT2D eigenvalue weighted by Crippen LogP contribution is 2.23. The number of hydrogen-bond acceptors (Lipinski definition) is 4. The summed E-state index contributed by atoms with van der Waals surface area (Å²) < 4.78 is 0. The van der Waals surface area contributed by atoms with E-state index in [0.717, 1.165) is 45.7 Å². The number of fused-ring (bicyclic) bond motifs is 1. The van der Waals surface area contributed by atoms with Crippen molar-refractivity contribution in [2.24, 2.45) is 0 Å². The summed E-state index contributed by atoms with van der Waals surface area (Å²) in [7, 11) is 2.19. The molecule has 0 aromatic heterocycles. The van der Waals surface area contributed by atoms with E-state index in [2.05, 4.69) is 45.9 Å². The molecular weight excluding hydrogens is 224 g/mol. The number of benzene rings is 1. The monoisotopic (exact) mass is 246 g/mol. The molecule has 4 heteroatoms. The van der Waals surface area contributed by atoms with E-state index >= 15 is 0 Å². The van der Waals surface area contributed by atoms with Crippen LogP contribution >= 0.6 is 0 Å². The predicted octanol–water partition coefficient (Wildman–Crippen LogP) is 0.907. The summed E-state index contributed by atoms with van der Waals surface area (Å²) in [6.45, 7) is 6.58. The van der Waals surface area contributed by atoms with Crippen LogP contribution < -0.4 is 10.7 Å². The lowest BCUT2D eigenvalue weighted by Gasteiger charge is -2.34. The molecule has 1 aromatic rings. The van der Waals surface area contributed by atoms with Gasteiger partial charge in [-0.15, -0.1) is 0 Å². The number of nitrogens with one attached hydrogen (secondary N) is 2. The Kier molecular flexibility index (Phi) is 3.50. The molecule has 0 unspecified atom stereocenters. The number of nitrogens with zero attached hydrogens (tertiary/aromatic N) is 2. The highest BCUT2D eigenvalue weighted by atomic mass is 15.5. The highest BCUT2D eigenvalue weighted by Gasteiger charge is 2.17. The Morgan fingerprint density at radius 2 is 2.00 bits per heavy atom. The second kappa shape index (κ2) is 5.26. The average Bonchev–Trinajstić information content (AvgIpc) is 2.42. The first-order valence-corrected chi connectivity index (χ1v) is 6.84. The van der Waals surface area contributed by atoms with Gasteiger partial charge in [-0.3, -0.25) is 0 Å². The Hall–Kier alpha value is -1.10. The smallest absolute Gasteiger partial charge is 0.0525 e. The molecule has 0 radical (unpaired) electrons. The fourth-order valence-corrected chi connectivity index (χ4v) is 2.73. The summed E-state index contributed by atoms with van der Waals surface area (Å²) in [5.74, 6) is 0. The van der Waals surface area contributed by atoms with Crippen LogP contribution in [-0.2, 0) is 13.0 Å². The number of likely N-dealkylation sites (N-methyl/N-ethyl adjacent to an activating group) is 1. The van der Waals surface area contributed by atoms with Crippen LogP contribution in [-0.4, -0.2) is 49.7 Å². The van der Waals surface area contributed by atoms with E-state index in [1.165, 1.54) is 16.8 Å². The van der Waals surface area contributed by atoms with Gasteiger partial charge >= 0.3 is 0 Å². The summed E-state index contributed by atoms with van der Waals surface area (Å²) in [6.07, 6.45) is 1.13. The lowest BCUT2D eigenvalue weighted by molar-refractivity contribution is 0.179. The SMILES string of the molecule is CN1CCN(Nc2cccc3c2CCNC3)CC1. The molecule has 0 aliphatic carbocycles. The zero-order valence-corrected chi connectivity index (χ0v) is 11.1. The Morgan fingerprint density at radius 1 is 1.17 bits per heavy atom. The van der Waals surface area contributed by atoms with Gasteiger partial charge in [-0.25, -0.2) is 5.01 Å². The Morgan fingerprint density at radius 3 is 2.83 bits per heavy atom. The van der Waals surface area contributed by atoms with Gasteiger partial charge in [0.1, 0.15) is 0 Å². The minimum atomic E-state index is 1.01. The van der Waals surface area contributed by atoms with Crippen molar-refractivity contribution >= 4 is 5.69 Å². The molecular formula is C14H22N4. The van der Waals surface area contributed by atoms with E-state index in [1.54, 1.807) is 0 Å². The summed E-state index contributed by atoms with van der Waals surface area (Å²) in [4.78, 5) is 2.38. The molecule has 0 spiro atoms. The quantitative estimate of drug-likeness (QED) is 0.812. The van der Waals surface area contributed by atoms with Gasteiger partial charge < -0.3 is 15.6 Å². The standard InChI is InChI=1S/C14H22N4/c1-17-7-9-18(10-8-17)16-14-4-2-3-12-11-15-6-5-13(12)14/h2-4,15-16H,5-11H2,1H3. The Labute approximate surface area is 109 Å². The molecule has 1 aromatic carbocycles. The summed E-state index contributed by atoms with van der Waals surface area (Å²) >= 11 is 0. The number of anilines is 1. The van der Waals surface area contributed by atoms with Crippen molar-refractivity contribution in [3.05, 3.63) is 29.3 Å². The van der Waals surface area contributed by atoms with Crippen molar-refractivity contribution in [1.29, 1.82) is 0 Å². The van der Waals surface area contributed by atoms with Gasteiger partial charge in [0, 0.05) is 32.7 Å². The zero-order chi connectivity index (χ0) is 12.4. The summed E-state index contributed by atoms with van der Waals surface area (Å²) in [5.41, 5.74) is 7.85. The fourth-order valence-electron chi connectivity index (χ4n) is 2.73. The van der Waals surface area contributed by atoms with E-state index in [4.69, 9.17) is 0 Å². The van der Waals surface area contributed by atoms with E-state index in [1.807, 2.05) is 0 Å². The van der Waals surface area contributed by atoms with Crippen LogP contribution in [0, 0.1) is 0 Å². The topological polar surface area (TPSA) is 30.5 Å². The maximum absolute atomic E-state index is 3.61. The van der Waals surface area contributed by atoms with Crippen LogP contribution in [0.4, 0.5) is 5.69 Å². The zero-order valence-electron chi connectivity index (χ0n) is 11.1. The van der Waals surface area contributed by atoms with Gasteiger partial charge in [-0.2, -0.15) is 0 Å². The minimum Gasteiger partial charge on any atom is -0.318 e. The van der Waals surface area contributed by atoms with Gasteiger partial charge in [0.15, 0.2) is 0 Å². The van der Waals surface area contributed by atoms with Gasteiger partial charge in [0.25, 0.3) is 0 Å². The normalized spacial score (nSPS) is 21.6. The molecule has 98 valence electrons. The molecule has 0 bridgehead atoms. The fraction of sp³-hybridized carbons (Fsp3) is 0.571. The van der Waals surface area contributed by atoms with Crippen molar-refractivity contribution in [3.8, 4) is 0 Å². The largest absolute Gasteiger partial charge is 0.318 e. The predicted molar refractivity (Wildman–Crippen MR) is 74.5 cm³/mol. The molecule has 1 saturated heterocycles. The second-order valence-electron chi connectivity index (χ2n) is 5.27. The number of hydrazine groups is 1. The van der Waals surface area contributed by atoms with Crippen molar-refractivity contribution in [2.45, 2.75) is 13.0 Å². The Bertz CT molecular complexity index is 410. The van der Waals surface area contributed by atoms with Crippen molar-refractivity contribution in [2.75, 3.05) is 45.2 Å². The highest BCUT2D eigenvalue weighted by molar-refractivity contribution is 5.55. The van der Waals surface area contributed by atoms with Crippen LogP contribution in [0.2, 0.25) is 0 Å². The molecule has 2 heterocycles. The molecule has 18 heavy (non-hydrogen) atoms. The van der Waals surface area contributed by atoms with Gasteiger partial charge in [0.2, 0.25) is 0 Å². The number of hydrogen-bond donors (Lipinski definition) is 2. The summed E-state index contributed by atoms with van der Waals surface area (Å²) in [6, 6.07) is 6.60. The number of piperazine rings is 1. The van der Waals surface area contributed by atoms with Crippen molar-refractivity contribution in [1.82, 2.24) is 15.2 Å². The molecule has 4 nitrogen and oxygen atoms in total. The van der Waals surface area contributed by atoms with Crippen LogP contribution in [0.15, 0.2) is 18.2 Å². The molecule has 2 aliphatic heterocycles. The van der Waals surface area contributed by atoms with Crippen LogP contribution in [0.25, 0.3) is 0 Å². The first kappa shape index (κ1) is 12.0. The molecule has 2 N–H and O–H groups in total. The first-order valence-electron chi connectivity index (χ1n) is 6.84. The molecule has 3 rings (SSSR count). The third-order valence-corrected chi connectivity index (χ3v) is 3.92. The van der Waals surface area contributed by atoms with Crippen LogP contribution in [0.5, 0.6) is 0 Å². The van der Waals surface area contributed by atoms with Gasteiger partial charge in [-0.05, 0) is 37.2 Å². The first-order chi connectivity index (χ1) is 8.83.